The Hall–Kier alpha value is -1.21. The lowest BCUT2D eigenvalue weighted by atomic mass is 9.86. The minimum atomic E-state index is -0.800. The molecule has 2 aliphatic heterocycles. The molecular weight excluding hydrogens is 370 g/mol. The maximum absolute atomic E-state index is 13.9. The van der Waals surface area contributed by atoms with Crippen LogP contribution in [0.2, 0.25) is 0 Å². The van der Waals surface area contributed by atoms with Crippen molar-refractivity contribution in [3.63, 3.8) is 0 Å². The molecular formula is C16H19BrF2N2O2. The van der Waals surface area contributed by atoms with Gasteiger partial charge in [-0.05, 0) is 54.1 Å². The van der Waals surface area contributed by atoms with Gasteiger partial charge in [-0.15, -0.1) is 0 Å². The first-order valence-electron chi connectivity index (χ1n) is 7.84. The summed E-state index contributed by atoms with van der Waals surface area (Å²) in [6.45, 7) is 1.85. The number of nitrogens with zero attached hydrogens (tertiary/aromatic N) is 1. The number of hydrogen-bond donors (Lipinski definition) is 1. The zero-order valence-electron chi connectivity index (χ0n) is 12.7. The maximum atomic E-state index is 13.9. The Kier molecular flexibility index (Phi) is 4.87. The van der Waals surface area contributed by atoms with E-state index in [0.29, 0.717) is 13.1 Å². The number of hydrogen-bond acceptors (Lipinski definition) is 2. The van der Waals surface area contributed by atoms with Crippen molar-refractivity contribution in [2.45, 2.75) is 37.7 Å². The number of carbonyl (C=O) groups is 1. The Labute approximate surface area is 142 Å². The predicted molar refractivity (Wildman–Crippen MR) is 86.4 cm³/mol. The van der Waals surface area contributed by atoms with Crippen LogP contribution in [0.1, 0.15) is 32.1 Å². The van der Waals surface area contributed by atoms with Gasteiger partial charge < -0.3 is 15.0 Å². The summed E-state index contributed by atoms with van der Waals surface area (Å²) in [6, 6.07) is 1.49. The van der Waals surface area contributed by atoms with E-state index in [9.17, 15) is 13.6 Å². The first-order chi connectivity index (χ1) is 11.0. The van der Waals surface area contributed by atoms with Gasteiger partial charge in [-0.2, -0.15) is 0 Å². The number of benzene rings is 1. The molecule has 23 heavy (non-hydrogen) atoms. The molecule has 0 aromatic heterocycles. The molecule has 126 valence electrons. The van der Waals surface area contributed by atoms with Gasteiger partial charge >= 0.3 is 6.03 Å². The molecule has 0 radical (unpaired) electrons. The van der Waals surface area contributed by atoms with Gasteiger partial charge in [0.1, 0.15) is 5.82 Å². The van der Waals surface area contributed by atoms with E-state index in [1.54, 1.807) is 4.90 Å². The van der Waals surface area contributed by atoms with Gasteiger partial charge in [-0.25, -0.2) is 13.6 Å². The van der Waals surface area contributed by atoms with Gasteiger partial charge in [0, 0.05) is 23.7 Å². The van der Waals surface area contributed by atoms with E-state index in [2.05, 4.69) is 21.2 Å². The van der Waals surface area contributed by atoms with Crippen LogP contribution in [-0.2, 0) is 4.74 Å². The fourth-order valence-electron chi connectivity index (χ4n) is 3.35. The highest BCUT2D eigenvalue weighted by atomic mass is 79.9. The molecule has 0 aliphatic carbocycles. The molecule has 1 aromatic carbocycles. The van der Waals surface area contributed by atoms with Crippen molar-refractivity contribution >= 4 is 27.6 Å². The standard InChI is InChI=1S/C16H19BrF2N2O2/c17-12-8-11(18)9-13(19)14(12)20-15(22)21-6-3-5-16(10-21)4-1-2-7-23-16/h8-9H,1-7,10H2,(H,20,22). The van der Waals surface area contributed by atoms with Gasteiger partial charge in [0.25, 0.3) is 0 Å². The lowest BCUT2D eigenvalue weighted by molar-refractivity contribution is -0.108. The second-order valence-electron chi connectivity index (χ2n) is 6.19. The molecule has 2 fully saturated rings. The highest BCUT2D eigenvalue weighted by molar-refractivity contribution is 9.10. The number of rotatable bonds is 1. The van der Waals surface area contributed by atoms with Crippen molar-refractivity contribution in [2.24, 2.45) is 0 Å². The average molecular weight is 389 g/mol. The predicted octanol–water partition coefficient (Wildman–Crippen LogP) is 4.29. The molecule has 0 saturated carbocycles. The lowest BCUT2D eigenvalue weighted by Gasteiger charge is -2.44. The number of likely N-dealkylation sites (tertiary alicyclic amines) is 1. The van der Waals surface area contributed by atoms with E-state index in [0.717, 1.165) is 50.8 Å². The zero-order valence-corrected chi connectivity index (χ0v) is 14.3. The molecule has 1 atom stereocenters. The Balaban J connectivity index is 1.71. The summed E-state index contributed by atoms with van der Waals surface area (Å²) in [6.07, 6.45) is 4.92. The van der Waals surface area contributed by atoms with Gasteiger partial charge in [0.2, 0.25) is 0 Å². The van der Waals surface area contributed by atoms with Gasteiger partial charge in [0.05, 0.1) is 17.8 Å². The smallest absolute Gasteiger partial charge is 0.322 e. The number of nitrogens with one attached hydrogen (secondary N) is 1. The minimum Gasteiger partial charge on any atom is -0.373 e. The molecule has 0 bridgehead atoms. The number of piperidine rings is 1. The highest BCUT2D eigenvalue weighted by Crippen LogP contribution is 2.34. The largest absolute Gasteiger partial charge is 0.373 e. The Morgan fingerprint density at radius 2 is 2.04 bits per heavy atom. The summed E-state index contributed by atoms with van der Waals surface area (Å²) < 4.78 is 33.1. The summed E-state index contributed by atoms with van der Waals surface area (Å²) in [5.74, 6) is -1.49. The molecule has 1 spiro atoms. The van der Waals surface area contributed by atoms with Crippen LogP contribution < -0.4 is 5.32 Å². The third-order valence-corrected chi connectivity index (χ3v) is 5.13. The van der Waals surface area contributed by atoms with Crippen LogP contribution in [0.15, 0.2) is 16.6 Å². The molecule has 1 N–H and O–H groups in total. The molecule has 1 unspecified atom stereocenters. The van der Waals surface area contributed by atoms with Crippen LogP contribution in [0.3, 0.4) is 0 Å². The van der Waals surface area contributed by atoms with Crippen LogP contribution in [0, 0.1) is 11.6 Å². The highest BCUT2D eigenvalue weighted by Gasteiger charge is 2.39. The number of anilines is 1. The first-order valence-corrected chi connectivity index (χ1v) is 8.63. The Bertz CT molecular complexity index is 577. The topological polar surface area (TPSA) is 41.6 Å². The van der Waals surface area contributed by atoms with Crippen molar-refractivity contribution in [1.29, 1.82) is 0 Å². The lowest BCUT2D eigenvalue weighted by Crippen LogP contribution is -2.54. The number of carbonyl (C=O) groups excluding carboxylic acids is 1. The SMILES string of the molecule is O=C(Nc1c(F)cc(F)cc1Br)N1CCCC2(CCCCO2)C1. The number of urea groups is 1. The van der Waals surface area contributed by atoms with E-state index in [1.165, 1.54) is 0 Å². The Morgan fingerprint density at radius 1 is 1.26 bits per heavy atom. The molecule has 3 rings (SSSR count). The van der Waals surface area contributed by atoms with Gasteiger partial charge in [-0.3, -0.25) is 0 Å². The van der Waals surface area contributed by atoms with Crippen molar-refractivity contribution in [2.75, 3.05) is 25.0 Å². The van der Waals surface area contributed by atoms with Crippen molar-refractivity contribution < 1.29 is 18.3 Å². The van der Waals surface area contributed by atoms with E-state index in [4.69, 9.17) is 4.74 Å². The van der Waals surface area contributed by atoms with Crippen LogP contribution in [0.25, 0.3) is 0 Å². The van der Waals surface area contributed by atoms with Crippen molar-refractivity contribution in [1.82, 2.24) is 4.90 Å². The summed E-state index contributed by atoms with van der Waals surface area (Å²) in [7, 11) is 0. The molecule has 2 aliphatic rings. The summed E-state index contributed by atoms with van der Waals surface area (Å²) >= 11 is 3.08. The number of halogens is 3. The van der Waals surface area contributed by atoms with Crippen LogP contribution in [-0.4, -0.2) is 36.2 Å². The second-order valence-corrected chi connectivity index (χ2v) is 7.04. The van der Waals surface area contributed by atoms with Crippen LogP contribution >= 0.6 is 15.9 Å². The second kappa shape index (κ2) is 6.73. The third-order valence-electron chi connectivity index (χ3n) is 4.50. The minimum absolute atomic E-state index is 0.0411. The van der Waals surface area contributed by atoms with E-state index in [1.807, 2.05) is 0 Å². The van der Waals surface area contributed by atoms with Crippen molar-refractivity contribution in [3.8, 4) is 0 Å². The van der Waals surface area contributed by atoms with E-state index in [-0.39, 0.29) is 21.8 Å². The van der Waals surface area contributed by atoms with Crippen LogP contribution in [0.5, 0.6) is 0 Å². The average Bonchev–Trinajstić information content (AvgIpc) is 2.51. The summed E-state index contributed by atoms with van der Waals surface area (Å²) in [5.41, 5.74) is -0.299. The first kappa shape index (κ1) is 16.6. The zero-order chi connectivity index (χ0) is 16.4. The molecule has 2 heterocycles. The normalized spacial score (nSPS) is 24.7. The Morgan fingerprint density at radius 3 is 2.74 bits per heavy atom. The quantitative estimate of drug-likeness (QED) is 0.779. The number of amides is 2. The summed E-state index contributed by atoms with van der Waals surface area (Å²) in [4.78, 5) is 14.1. The van der Waals surface area contributed by atoms with Gasteiger partial charge in [0.15, 0.2) is 5.82 Å². The molecule has 2 saturated heterocycles. The molecule has 1 aromatic rings. The van der Waals surface area contributed by atoms with Gasteiger partial charge in [-0.1, -0.05) is 0 Å². The molecule has 4 nitrogen and oxygen atoms in total. The summed E-state index contributed by atoms with van der Waals surface area (Å²) in [5, 5.41) is 2.54. The fourth-order valence-corrected chi connectivity index (χ4v) is 3.86. The van der Waals surface area contributed by atoms with Crippen LogP contribution in [0.4, 0.5) is 19.3 Å². The maximum Gasteiger partial charge on any atom is 0.322 e. The fraction of sp³-hybridized carbons (Fsp3) is 0.562. The number of ether oxygens (including phenoxy) is 1. The monoisotopic (exact) mass is 388 g/mol. The third kappa shape index (κ3) is 3.66. The van der Waals surface area contributed by atoms with E-state index < -0.39 is 11.6 Å². The molecule has 2 amide bonds. The van der Waals surface area contributed by atoms with Crippen molar-refractivity contribution in [3.05, 3.63) is 28.2 Å². The molecule has 7 heteroatoms. The van der Waals surface area contributed by atoms with E-state index >= 15 is 0 Å².